The van der Waals surface area contributed by atoms with Gasteiger partial charge in [0.1, 0.15) is 6.61 Å². The Morgan fingerprint density at radius 3 is 2.58 bits per heavy atom. The van der Waals surface area contributed by atoms with E-state index < -0.39 is 0 Å². The second-order valence-corrected chi connectivity index (χ2v) is 6.04. The van der Waals surface area contributed by atoms with Crippen molar-refractivity contribution < 1.29 is 4.74 Å². The number of rotatable bonds is 5. The lowest BCUT2D eigenvalue weighted by atomic mass is 9.86. The molecule has 106 valence electrons. The summed E-state index contributed by atoms with van der Waals surface area (Å²) in [6.07, 6.45) is 5.30. The number of hydrogen-bond acceptors (Lipinski definition) is 2. The van der Waals surface area contributed by atoms with Crippen molar-refractivity contribution in [2.45, 2.75) is 38.6 Å². The number of halogens is 2. The maximum Gasteiger partial charge on any atom is 0.156 e. The van der Waals surface area contributed by atoms with E-state index in [2.05, 4.69) is 12.2 Å². The van der Waals surface area contributed by atoms with Crippen LogP contribution in [0.3, 0.4) is 0 Å². The number of nitrogens with one attached hydrogen (secondary N) is 1. The van der Waals surface area contributed by atoms with Crippen molar-refractivity contribution in [3.63, 3.8) is 0 Å². The molecule has 0 amide bonds. The van der Waals surface area contributed by atoms with Crippen molar-refractivity contribution in [2.75, 3.05) is 13.2 Å². The minimum atomic E-state index is 0.568. The molecule has 0 saturated heterocycles. The van der Waals surface area contributed by atoms with Gasteiger partial charge >= 0.3 is 0 Å². The van der Waals surface area contributed by atoms with E-state index in [1.165, 1.54) is 25.7 Å². The Hall–Kier alpha value is -0.440. The molecule has 0 spiro atoms. The highest BCUT2D eigenvalue weighted by Crippen LogP contribution is 2.32. The quantitative estimate of drug-likeness (QED) is 0.806. The molecule has 0 bridgehead atoms. The average Bonchev–Trinajstić information content (AvgIpc) is 2.39. The Balaban J connectivity index is 1.74. The van der Waals surface area contributed by atoms with Gasteiger partial charge in [-0.15, -0.1) is 0 Å². The highest BCUT2D eigenvalue weighted by atomic mass is 35.5. The van der Waals surface area contributed by atoms with Crippen LogP contribution in [-0.4, -0.2) is 19.2 Å². The number of hydrogen-bond donors (Lipinski definition) is 1. The van der Waals surface area contributed by atoms with Crippen LogP contribution in [0.1, 0.15) is 32.6 Å². The zero-order valence-corrected chi connectivity index (χ0v) is 12.8. The lowest BCUT2D eigenvalue weighted by molar-refractivity contribution is 0.251. The molecule has 1 aromatic carbocycles. The Morgan fingerprint density at radius 1 is 1.21 bits per heavy atom. The standard InChI is InChI=1S/C15H21Cl2NO/c1-11-5-2-3-8-14(11)18-9-10-19-15-12(16)6-4-7-13(15)17/h4,6-7,11,14,18H,2-3,5,8-10H2,1H3. The molecule has 1 fully saturated rings. The van der Waals surface area contributed by atoms with Crippen molar-refractivity contribution in [1.29, 1.82) is 0 Å². The molecule has 0 heterocycles. The molecule has 2 nitrogen and oxygen atoms in total. The second-order valence-electron chi connectivity index (χ2n) is 5.22. The van der Waals surface area contributed by atoms with Gasteiger partial charge in [-0.25, -0.2) is 0 Å². The summed E-state index contributed by atoms with van der Waals surface area (Å²) in [6.45, 7) is 3.74. The first-order valence-corrected chi connectivity index (χ1v) is 7.74. The minimum absolute atomic E-state index is 0.568. The molecule has 4 heteroatoms. The van der Waals surface area contributed by atoms with E-state index in [0.29, 0.717) is 28.4 Å². The molecule has 0 aliphatic heterocycles. The van der Waals surface area contributed by atoms with Crippen LogP contribution in [0.4, 0.5) is 0 Å². The first kappa shape index (κ1) is 15.0. The van der Waals surface area contributed by atoms with Crippen LogP contribution in [0.25, 0.3) is 0 Å². The number of para-hydroxylation sites is 1. The molecular weight excluding hydrogens is 281 g/mol. The van der Waals surface area contributed by atoms with Crippen LogP contribution < -0.4 is 10.1 Å². The second kappa shape index (κ2) is 7.37. The first-order valence-electron chi connectivity index (χ1n) is 6.98. The third-order valence-corrected chi connectivity index (χ3v) is 4.38. The third-order valence-electron chi connectivity index (χ3n) is 3.79. The fraction of sp³-hybridized carbons (Fsp3) is 0.600. The number of ether oxygens (including phenoxy) is 1. The van der Waals surface area contributed by atoms with E-state index in [1.54, 1.807) is 12.1 Å². The van der Waals surface area contributed by atoms with Gasteiger partial charge in [0.2, 0.25) is 0 Å². The van der Waals surface area contributed by atoms with Gasteiger partial charge in [0.05, 0.1) is 10.0 Å². The van der Waals surface area contributed by atoms with Crippen molar-refractivity contribution in [3.8, 4) is 5.75 Å². The lowest BCUT2D eigenvalue weighted by Crippen LogP contribution is -2.39. The summed E-state index contributed by atoms with van der Waals surface area (Å²) < 4.78 is 5.67. The Kier molecular flexibility index (Phi) is 5.80. The molecule has 2 rings (SSSR count). The zero-order valence-electron chi connectivity index (χ0n) is 11.3. The summed E-state index contributed by atoms with van der Waals surface area (Å²) in [4.78, 5) is 0. The van der Waals surface area contributed by atoms with Gasteiger partial charge < -0.3 is 10.1 Å². The topological polar surface area (TPSA) is 21.3 Å². The molecule has 1 aromatic rings. The lowest BCUT2D eigenvalue weighted by Gasteiger charge is -2.29. The summed E-state index contributed by atoms with van der Waals surface area (Å²) in [5.41, 5.74) is 0. The van der Waals surface area contributed by atoms with Gasteiger partial charge in [0, 0.05) is 12.6 Å². The molecule has 19 heavy (non-hydrogen) atoms. The van der Waals surface area contributed by atoms with Crippen LogP contribution in [0.2, 0.25) is 10.0 Å². The Bertz CT molecular complexity index is 391. The van der Waals surface area contributed by atoms with Gasteiger partial charge in [0.15, 0.2) is 5.75 Å². The molecule has 0 aromatic heterocycles. The molecule has 0 radical (unpaired) electrons. The molecule has 1 aliphatic carbocycles. The van der Waals surface area contributed by atoms with Crippen LogP contribution in [0.15, 0.2) is 18.2 Å². The molecule has 1 N–H and O–H groups in total. The monoisotopic (exact) mass is 301 g/mol. The molecule has 2 atom stereocenters. The summed E-state index contributed by atoms with van der Waals surface area (Å²) in [5, 5.41) is 4.71. The summed E-state index contributed by atoms with van der Waals surface area (Å²) in [7, 11) is 0. The van der Waals surface area contributed by atoms with Crippen molar-refractivity contribution in [1.82, 2.24) is 5.32 Å². The zero-order chi connectivity index (χ0) is 13.7. The minimum Gasteiger partial charge on any atom is -0.489 e. The van der Waals surface area contributed by atoms with Gasteiger partial charge in [-0.1, -0.05) is 49.0 Å². The fourth-order valence-corrected chi connectivity index (χ4v) is 3.14. The largest absolute Gasteiger partial charge is 0.489 e. The highest BCUT2D eigenvalue weighted by molar-refractivity contribution is 6.37. The van der Waals surface area contributed by atoms with Crippen molar-refractivity contribution in [3.05, 3.63) is 28.2 Å². The summed E-state index contributed by atoms with van der Waals surface area (Å²) >= 11 is 12.1. The van der Waals surface area contributed by atoms with E-state index in [9.17, 15) is 0 Å². The maximum absolute atomic E-state index is 6.05. The Labute approximate surface area is 125 Å². The molecule has 1 saturated carbocycles. The Morgan fingerprint density at radius 2 is 1.89 bits per heavy atom. The predicted molar refractivity (Wildman–Crippen MR) is 81.4 cm³/mol. The SMILES string of the molecule is CC1CCCCC1NCCOc1c(Cl)cccc1Cl. The molecule has 1 aliphatic rings. The highest BCUT2D eigenvalue weighted by Gasteiger charge is 2.20. The van der Waals surface area contributed by atoms with Crippen LogP contribution in [0, 0.1) is 5.92 Å². The average molecular weight is 302 g/mol. The van der Waals surface area contributed by atoms with Crippen molar-refractivity contribution >= 4 is 23.2 Å². The van der Waals surface area contributed by atoms with Crippen LogP contribution >= 0.6 is 23.2 Å². The third kappa shape index (κ3) is 4.27. The summed E-state index contributed by atoms with van der Waals surface area (Å²) in [6, 6.07) is 6.03. The van der Waals surface area contributed by atoms with E-state index >= 15 is 0 Å². The number of benzene rings is 1. The molecular formula is C15H21Cl2NO. The normalized spacial score (nSPS) is 23.3. The van der Waals surface area contributed by atoms with Gasteiger partial charge in [-0.3, -0.25) is 0 Å². The van der Waals surface area contributed by atoms with E-state index in [0.717, 1.165) is 12.5 Å². The van der Waals surface area contributed by atoms with Crippen molar-refractivity contribution in [2.24, 2.45) is 5.92 Å². The van der Waals surface area contributed by atoms with Gasteiger partial charge in [0.25, 0.3) is 0 Å². The van der Waals surface area contributed by atoms with Gasteiger partial charge in [-0.2, -0.15) is 0 Å². The van der Waals surface area contributed by atoms with E-state index in [1.807, 2.05) is 6.07 Å². The van der Waals surface area contributed by atoms with Gasteiger partial charge in [-0.05, 0) is 30.9 Å². The smallest absolute Gasteiger partial charge is 0.156 e. The fourth-order valence-electron chi connectivity index (χ4n) is 2.64. The summed E-state index contributed by atoms with van der Waals surface area (Å²) in [5.74, 6) is 1.35. The maximum atomic E-state index is 6.05. The van der Waals surface area contributed by atoms with Crippen LogP contribution in [-0.2, 0) is 0 Å². The first-order chi connectivity index (χ1) is 9.18. The van der Waals surface area contributed by atoms with Crippen LogP contribution in [0.5, 0.6) is 5.75 Å². The van der Waals surface area contributed by atoms with E-state index in [-0.39, 0.29) is 0 Å². The van der Waals surface area contributed by atoms with E-state index in [4.69, 9.17) is 27.9 Å². The predicted octanol–water partition coefficient (Wildman–Crippen LogP) is 4.54. The molecule has 2 unspecified atom stereocenters.